The molecule has 4 N–H and O–H groups in total. The Morgan fingerprint density at radius 3 is 1.33 bits per heavy atom. The maximum Gasteiger partial charge on any atom is 0.318 e. The second kappa shape index (κ2) is 18.2. The number of para-hydroxylation sites is 3. The zero-order valence-corrected chi connectivity index (χ0v) is 36.7. The van der Waals surface area contributed by atoms with Gasteiger partial charge in [0.05, 0.1) is 43.1 Å². The van der Waals surface area contributed by atoms with E-state index in [1.54, 1.807) is 79.0 Å². The molecule has 0 fully saturated rings. The largest absolute Gasteiger partial charge is 0.507 e. The van der Waals surface area contributed by atoms with Crippen molar-refractivity contribution in [1.82, 2.24) is 0 Å². The SMILES string of the molecule is CC(C)(C)c1cccc(C=Nc2ccc(-c3ccc(N=Cc4cccc(C(C)(C)C)c4O)c(N=Cc4cc([N+](=O)[O-])cc([N+](=O)[O-])c4O)c3)cc2N=Cc2cccc(Br)c2O)c1O. The Morgan fingerprint density at radius 2 is 0.905 bits per heavy atom. The van der Waals surface area contributed by atoms with E-state index in [1.165, 1.54) is 12.4 Å². The van der Waals surface area contributed by atoms with Gasteiger partial charge in [-0.2, -0.15) is 0 Å². The fourth-order valence-electron chi connectivity index (χ4n) is 6.53. The van der Waals surface area contributed by atoms with Gasteiger partial charge in [0.2, 0.25) is 5.75 Å². The van der Waals surface area contributed by atoms with Gasteiger partial charge in [-0.3, -0.25) is 40.2 Å². The minimum absolute atomic E-state index is 0.0106. The number of nitrogens with zero attached hydrogens (tertiary/aromatic N) is 6. The highest BCUT2D eigenvalue weighted by Gasteiger charge is 2.24. The fraction of sp³-hybridized carbons (Fsp3) is 0.167. The van der Waals surface area contributed by atoms with Crippen LogP contribution in [0.2, 0.25) is 0 Å². The summed E-state index contributed by atoms with van der Waals surface area (Å²) in [5.41, 5.74) is 2.93. The number of nitro benzene ring substituents is 2. The number of halogens is 1. The Labute approximate surface area is 371 Å². The van der Waals surface area contributed by atoms with Crippen LogP contribution >= 0.6 is 15.9 Å². The van der Waals surface area contributed by atoms with Crippen molar-refractivity contribution in [3.05, 3.63) is 161 Å². The zero-order valence-electron chi connectivity index (χ0n) is 35.1. The lowest BCUT2D eigenvalue weighted by Crippen LogP contribution is -2.11. The monoisotopic (exact) mass is 910 g/mol. The van der Waals surface area contributed by atoms with Crippen LogP contribution in [0.1, 0.15) is 74.9 Å². The van der Waals surface area contributed by atoms with Crippen molar-refractivity contribution < 1.29 is 30.3 Å². The van der Waals surface area contributed by atoms with E-state index in [0.29, 0.717) is 55.3 Å². The first-order valence-electron chi connectivity index (χ1n) is 19.5. The number of phenolic OH excluding ortho intramolecular Hbond substituents is 4. The second-order valence-electron chi connectivity index (χ2n) is 16.5. The second-order valence-corrected chi connectivity index (χ2v) is 17.4. The zero-order chi connectivity index (χ0) is 45.8. The van der Waals surface area contributed by atoms with Crippen molar-refractivity contribution in [2.45, 2.75) is 52.4 Å². The topological polar surface area (TPSA) is 217 Å². The lowest BCUT2D eigenvalue weighted by molar-refractivity contribution is -0.394. The molecule has 0 saturated carbocycles. The third-order valence-electron chi connectivity index (χ3n) is 9.94. The summed E-state index contributed by atoms with van der Waals surface area (Å²) in [7, 11) is 0. The molecule has 320 valence electrons. The fourth-order valence-corrected chi connectivity index (χ4v) is 6.92. The highest BCUT2D eigenvalue weighted by Crippen LogP contribution is 2.40. The number of non-ortho nitro benzene ring substituents is 1. The van der Waals surface area contributed by atoms with E-state index >= 15 is 0 Å². The summed E-state index contributed by atoms with van der Waals surface area (Å²) in [5.74, 6) is -0.666. The minimum Gasteiger partial charge on any atom is -0.507 e. The van der Waals surface area contributed by atoms with Crippen LogP contribution in [0, 0.1) is 20.2 Å². The number of aliphatic imine (C=N–C) groups is 4. The number of rotatable bonds is 11. The molecule has 0 bridgehead atoms. The van der Waals surface area contributed by atoms with Gasteiger partial charge in [-0.15, -0.1) is 0 Å². The van der Waals surface area contributed by atoms with Gasteiger partial charge in [0.25, 0.3) is 5.69 Å². The van der Waals surface area contributed by atoms with Crippen LogP contribution in [0.5, 0.6) is 23.0 Å². The first kappa shape index (κ1) is 45.0. The van der Waals surface area contributed by atoms with Crippen molar-refractivity contribution >= 4 is 74.9 Å². The van der Waals surface area contributed by atoms with E-state index in [-0.39, 0.29) is 45.0 Å². The van der Waals surface area contributed by atoms with E-state index in [4.69, 9.17) is 9.98 Å². The highest BCUT2D eigenvalue weighted by atomic mass is 79.9. The quantitative estimate of drug-likeness (QED) is 0.0555. The smallest absolute Gasteiger partial charge is 0.318 e. The molecular weight excluding hydrogens is 868 g/mol. The summed E-state index contributed by atoms with van der Waals surface area (Å²) in [6.07, 6.45) is 5.60. The molecule has 0 amide bonds. The van der Waals surface area contributed by atoms with Crippen LogP contribution in [0.4, 0.5) is 34.1 Å². The lowest BCUT2D eigenvalue weighted by Gasteiger charge is -2.21. The molecule has 6 aromatic rings. The van der Waals surface area contributed by atoms with E-state index in [1.807, 2.05) is 59.7 Å². The predicted molar refractivity (Wildman–Crippen MR) is 252 cm³/mol. The van der Waals surface area contributed by atoms with E-state index < -0.39 is 27.0 Å². The van der Waals surface area contributed by atoms with Crippen molar-refractivity contribution in [3.8, 4) is 34.1 Å². The molecule has 63 heavy (non-hydrogen) atoms. The maximum atomic E-state index is 11.7. The van der Waals surface area contributed by atoms with Crippen molar-refractivity contribution in [2.24, 2.45) is 20.0 Å². The number of benzene rings is 6. The average molecular weight is 912 g/mol. The van der Waals surface area contributed by atoms with E-state index in [9.17, 15) is 40.7 Å². The first-order valence-corrected chi connectivity index (χ1v) is 20.2. The maximum absolute atomic E-state index is 11.7. The van der Waals surface area contributed by atoms with Crippen molar-refractivity contribution in [2.75, 3.05) is 0 Å². The summed E-state index contributed by atoms with van der Waals surface area (Å²) in [4.78, 5) is 40.2. The Kier molecular flexibility index (Phi) is 13.0. The Morgan fingerprint density at radius 1 is 0.492 bits per heavy atom. The Hall–Kier alpha value is -7.52. The van der Waals surface area contributed by atoms with Crippen LogP contribution in [-0.4, -0.2) is 55.1 Å². The molecule has 0 aromatic heterocycles. The molecular formula is C48H43BrN6O8. The number of nitro groups is 2. The van der Waals surface area contributed by atoms with Gasteiger partial charge in [-0.1, -0.05) is 84.0 Å². The van der Waals surface area contributed by atoms with Gasteiger partial charge < -0.3 is 20.4 Å². The molecule has 0 heterocycles. The molecule has 6 aromatic carbocycles. The van der Waals surface area contributed by atoms with Crippen LogP contribution in [0.15, 0.2) is 128 Å². The normalized spacial score (nSPS) is 12.3. The van der Waals surface area contributed by atoms with Gasteiger partial charge in [0.15, 0.2) is 0 Å². The summed E-state index contributed by atoms with van der Waals surface area (Å²) >= 11 is 3.34. The van der Waals surface area contributed by atoms with Crippen molar-refractivity contribution in [3.63, 3.8) is 0 Å². The summed E-state index contributed by atoms with van der Waals surface area (Å²) in [5, 5.41) is 67.1. The minimum atomic E-state index is -0.925. The van der Waals surface area contributed by atoms with Gasteiger partial charge in [-0.05, 0) is 97.5 Å². The highest BCUT2D eigenvalue weighted by molar-refractivity contribution is 9.10. The summed E-state index contributed by atoms with van der Waals surface area (Å²) in [6.45, 7) is 11.9. The molecule has 14 nitrogen and oxygen atoms in total. The predicted octanol–water partition coefficient (Wildman–Crippen LogP) is 12.4. The number of hydrogen-bond donors (Lipinski definition) is 4. The van der Waals surface area contributed by atoms with Gasteiger partial charge in [0, 0.05) is 53.2 Å². The number of hydrogen-bond acceptors (Lipinski definition) is 12. The summed E-state index contributed by atoms with van der Waals surface area (Å²) < 4.78 is 0.480. The van der Waals surface area contributed by atoms with E-state index in [2.05, 4.69) is 25.9 Å². The van der Waals surface area contributed by atoms with Gasteiger partial charge >= 0.3 is 5.69 Å². The number of aromatic hydroxyl groups is 4. The molecule has 0 radical (unpaired) electrons. The molecule has 0 atom stereocenters. The molecule has 0 spiro atoms. The van der Waals surface area contributed by atoms with Crippen molar-refractivity contribution in [1.29, 1.82) is 0 Å². The Balaban J connectivity index is 1.50. The van der Waals surface area contributed by atoms with E-state index in [0.717, 1.165) is 17.8 Å². The standard InChI is InChI=1S/C48H43BrN6O8/c1-47(2,3)35-13-7-10-30(43(35)56)24-50-38-18-16-28(21-40(38)52-26-32-12-9-15-37(49)45(32)58)29-17-19-39(51-25-31-11-8-14-36(44(31)57)48(4,5)6)41(22-29)53-27-33-20-34(54(60)61)23-42(46(33)59)55(62)63/h7-27,56-59H,1-6H3. The third kappa shape index (κ3) is 10.3. The molecule has 15 heteroatoms. The average Bonchev–Trinajstić information content (AvgIpc) is 3.22. The van der Waals surface area contributed by atoms with Gasteiger partial charge in [-0.25, -0.2) is 0 Å². The Bertz CT molecular complexity index is 2890. The molecule has 0 aliphatic rings. The molecule has 0 aliphatic heterocycles. The van der Waals surface area contributed by atoms with Crippen LogP contribution in [0.3, 0.4) is 0 Å². The molecule has 0 unspecified atom stereocenters. The molecule has 0 saturated heterocycles. The molecule has 6 rings (SSSR count). The molecule has 0 aliphatic carbocycles. The number of phenols is 4. The third-order valence-corrected chi connectivity index (χ3v) is 10.6. The van der Waals surface area contributed by atoms with Crippen LogP contribution in [0.25, 0.3) is 11.1 Å². The van der Waals surface area contributed by atoms with Crippen LogP contribution < -0.4 is 0 Å². The van der Waals surface area contributed by atoms with Gasteiger partial charge in [0.1, 0.15) is 17.2 Å². The van der Waals surface area contributed by atoms with Crippen LogP contribution in [-0.2, 0) is 10.8 Å². The summed E-state index contributed by atoms with van der Waals surface area (Å²) in [6, 6.07) is 28.0. The lowest BCUT2D eigenvalue weighted by atomic mass is 9.85. The first-order chi connectivity index (χ1) is 29.7.